The molecule has 0 aliphatic carbocycles. The van der Waals surface area contributed by atoms with E-state index in [1.54, 1.807) is 11.8 Å². The Morgan fingerprint density at radius 2 is 1.92 bits per heavy atom. The molecule has 1 aromatic heterocycles. The van der Waals surface area contributed by atoms with E-state index in [2.05, 4.69) is 10.1 Å². The van der Waals surface area contributed by atoms with Crippen LogP contribution in [0, 0.1) is 6.92 Å². The van der Waals surface area contributed by atoms with Crippen LogP contribution < -0.4 is 4.90 Å². The lowest BCUT2D eigenvalue weighted by molar-refractivity contribution is -0.117. The fourth-order valence-electron chi connectivity index (χ4n) is 3.23. The first-order valence-electron chi connectivity index (χ1n) is 8.49. The van der Waals surface area contributed by atoms with Gasteiger partial charge in [-0.2, -0.15) is 4.98 Å². The standard InChI is InChI=1S/C20H19N3O2S/c1-13-5-3-4-6-17(13)23-12-15(11-18(23)24)20-21-19(22-25-20)14-7-9-16(26-2)10-8-14/h3-10,15H,11-12H2,1-2H3. The number of rotatable bonds is 4. The molecule has 132 valence electrons. The molecule has 1 unspecified atom stereocenters. The van der Waals surface area contributed by atoms with Gasteiger partial charge in [0, 0.05) is 29.1 Å². The molecule has 0 spiro atoms. The number of amides is 1. The van der Waals surface area contributed by atoms with Gasteiger partial charge < -0.3 is 9.42 Å². The summed E-state index contributed by atoms with van der Waals surface area (Å²) in [6, 6.07) is 16.0. The molecule has 2 aromatic carbocycles. The van der Waals surface area contributed by atoms with Crippen molar-refractivity contribution >= 4 is 23.4 Å². The van der Waals surface area contributed by atoms with Gasteiger partial charge in [0.25, 0.3) is 0 Å². The topological polar surface area (TPSA) is 59.2 Å². The molecule has 0 radical (unpaired) electrons. The molecule has 1 aliphatic heterocycles. The summed E-state index contributed by atoms with van der Waals surface area (Å²) >= 11 is 1.69. The Labute approximate surface area is 156 Å². The fraction of sp³-hybridized carbons (Fsp3) is 0.250. The molecule has 0 N–H and O–H groups in total. The third-order valence-corrected chi connectivity index (χ3v) is 5.41. The Kier molecular flexibility index (Phi) is 4.51. The summed E-state index contributed by atoms with van der Waals surface area (Å²) in [5.41, 5.74) is 2.95. The van der Waals surface area contributed by atoms with E-state index in [1.165, 1.54) is 4.90 Å². The zero-order chi connectivity index (χ0) is 18.1. The molecule has 26 heavy (non-hydrogen) atoms. The number of aryl methyl sites for hydroxylation is 1. The highest BCUT2D eigenvalue weighted by Gasteiger charge is 2.35. The van der Waals surface area contributed by atoms with Crippen LogP contribution in [0.5, 0.6) is 0 Å². The largest absolute Gasteiger partial charge is 0.339 e. The first kappa shape index (κ1) is 16.8. The molecular formula is C20H19N3O2S. The average molecular weight is 365 g/mol. The van der Waals surface area contributed by atoms with Crippen molar-refractivity contribution in [2.45, 2.75) is 24.2 Å². The summed E-state index contributed by atoms with van der Waals surface area (Å²) in [6.45, 7) is 2.58. The van der Waals surface area contributed by atoms with Gasteiger partial charge >= 0.3 is 0 Å². The van der Waals surface area contributed by atoms with E-state index >= 15 is 0 Å². The summed E-state index contributed by atoms with van der Waals surface area (Å²) in [7, 11) is 0. The van der Waals surface area contributed by atoms with Crippen LogP contribution in [0.2, 0.25) is 0 Å². The second-order valence-corrected chi connectivity index (χ2v) is 7.26. The molecule has 1 saturated heterocycles. The van der Waals surface area contributed by atoms with Crippen LogP contribution in [0.15, 0.2) is 57.9 Å². The Balaban J connectivity index is 1.55. The van der Waals surface area contributed by atoms with Crippen molar-refractivity contribution < 1.29 is 9.32 Å². The van der Waals surface area contributed by atoms with Crippen molar-refractivity contribution in [2.24, 2.45) is 0 Å². The van der Waals surface area contributed by atoms with Crippen molar-refractivity contribution in [3.05, 3.63) is 60.0 Å². The van der Waals surface area contributed by atoms with E-state index in [0.717, 1.165) is 16.8 Å². The minimum absolute atomic E-state index is 0.0752. The number of aromatic nitrogens is 2. The molecule has 4 rings (SSSR count). The maximum atomic E-state index is 12.5. The summed E-state index contributed by atoms with van der Waals surface area (Å²) in [5.74, 6) is 1.11. The minimum Gasteiger partial charge on any atom is -0.339 e. The number of thioether (sulfide) groups is 1. The lowest BCUT2D eigenvalue weighted by atomic mass is 10.1. The second kappa shape index (κ2) is 6.96. The Hall–Kier alpha value is -2.60. The van der Waals surface area contributed by atoms with Gasteiger partial charge in [0.05, 0.1) is 5.92 Å². The van der Waals surface area contributed by atoms with Crippen molar-refractivity contribution in [3.63, 3.8) is 0 Å². The summed E-state index contributed by atoms with van der Waals surface area (Å²) < 4.78 is 5.48. The molecule has 0 bridgehead atoms. The highest BCUT2D eigenvalue weighted by molar-refractivity contribution is 7.98. The SMILES string of the molecule is CSc1ccc(-c2noc(C3CC(=O)N(c4ccccc4C)C3)n2)cc1. The van der Waals surface area contributed by atoms with E-state index < -0.39 is 0 Å². The number of benzene rings is 2. The molecule has 0 saturated carbocycles. The van der Waals surface area contributed by atoms with Crippen molar-refractivity contribution in [1.82, 2.24) is 10.1 Å². The van der Waals surface area contributed by atoms with Crippen molar-refractivity contribution in [1.29, 1.82) is 0 Å². The highest BCUT2D eigenvalue weighted by atomic mass is 32.2. The third kappa shape index (κ3) is 3.12. The van der Waals surface area contributed by atoms with E-state index in [1.807, 2.05) is 66.6 Å². The van der Waals surface area contributed by atoms with E-state index in [-0.39, 0.29) is 11.8 Å². The molecule has 5 nitrogen and oxygen atoms in total. The van der Waals surface area contributed by atoms with Crippen LogP contribution in [0.4, 0.5) is 5.69 Å². The van der Waals surface area contributed by atoms with Crippen molar-refractivity contribution in [2.75, 3.05) is 17.7 Å². The molecule has 1 fully saturated rings. The van der Waals surface area contributed by atoms with Gasteiger partial charge in [-0.05, 0) is 49.1 Å². The maximum Gasteiger partial charge on any atom is 0.232 e. The third-order valence-electron chi connectivity index (χ3n) is 4.67. The molecule has 1 atom stereocenters. The minimum atomic E-state index is -0.0752. The van der Waals surface area contributed by atoms with Crippen LogP contribution >= 0.6 is 11.8 Å². The predicted octanol–water partition coefficient (Wildman–Crippen LogP) is 4.29. The lowest BCUT2D eigenvalue weighted by Crippen LogP contribution is -2.25. The number of para-hydroxylation sites is 1. The zero-order valence-corrected chi connectivity index (χ0v) is 15.5. The van der Waals surface area contributed by atoms with Gasteiger partial charge in [-0.25, -0.2) is 0 Å². The highest BCUT2D eigenvalue weighted by Crippen LogP contribution is 2.33. The first-order chi connectivity index (χ1) is 12.7. The second-order valence-electron chi connectivity index (χ2n) is 6.38. The number of nitrogens with zero attached hydrogens (tertiary/aromatic N) is 3. The molecule has 1 amide bonds. The number of hydrogen-bond acceptors (Lipinski definition) is 5. The van der Waals surface area contributed by atoms with Gasteiger partial charge in [0.1, 0.15) is 0 Å². The van der Waals surface area contributed by atoms with E-state index in [4.69, 9.17) is 4.52 Å². The number of carbonyl (C=O) groups excluding carboxylic acids is 1. The van der Waals surface area contributed by atoms with Gasteiger partial charge in [-0.3, -0.25) is 4.79 Å². The molecule has 1 aliphatic rings. The summed E-state index contributed by atoms with van der Waals surface area (Å²) in [5, 5.41) is 4.10. The summed E-state index contributed by atoms with van der Waals surface area (Å²) in [6.07, 6.45) is 2.43. The predicted molar refractivity (Wildman–Crippen MR) is 102 cm³/mol. The maximum absolute atomic E-state index is 12.5. The van der Waals surface area contributed by atoms with Gasteiger partial charge in [-0.1, -0.05) is 23.4 Å². The molecule has 2 heterocycles. The smallest absolute Gasteiger partial charge is 0.232 e. The summed E-state index contributed by atoms with van der Waals surface area (Å²) in [4.78, 5) is 20.0. The van der Waals surface area contributed by atoms with E-state index in [0.29, 0.717) is 24.7 Å². The average Bonchev–Trinajstić information content (AvgIpc) is 3.29. The molecule has 6 heteroatoms. The number of hydrogen-bond donors (Lipinski definition) is 0. The number of carbonyl (C=O) groups is 1. The Morgan fingerprint density at radius 3 is 2.65 bits per heavy atom. The van der Waals surface area contributed by atoms with Gasteiger partial charge in [-0.15, -0.1) is 11.8 Å². The Morgan fingerprint density at radius 1 is 1.15 bits per heavy atom. The number of anilines is 1. The van der Waals surface area contributed by atoms with Gasteiger partial charge in [0.2, 0.25) is 17.6 Å². The Bertz CT molecular complexity index is 936. The quantitative estimate of drug-likeness (QED) is 0.646. The zero-order valence-electron chi connectivity index (χ0n) is 14.7. The van der Waals surface area contributed by atoms with Crippen LogP contribution in [-0.2, 0) is 4.79 Å². The molecule has 3 aromatic rings. The molecular weight excluding hydrogens is 346 g/mol. The van der Waals surface area contributed by atoms with Gasteiger partial charge in [0.15, 0.2) is 0 Å². The monoisotopic (exact) mass is 365 g/mol. The van der Waals surface area contributed by atoms with Crippen LogP contribution in [0.3, 0.4) is 0 Å². The van der Waals surface area contributed by atoms with Crippen molar-refractivity contribution in [3.8, 4) is 11.4 Å². The fourth-order valence-corrected chi connectivity index (χ4v) is 3.64. The first-order valence-corrected chi connectivity index (χ1v) is 9.72. The van der Waals surface area contributed by atoms with Crippen LogP contribution in [0.25, 0.3) is 11.4 Å². The lowest BCUT2D eigenvalue weighted by Gasteiger charge is -2.18. The van der Waals surface area contributed by atoms with Crippen LogP contribution in [0.1, 0.15) is 23.8 Å². The van der Waals surface area contributed by atoms with Crippen LogP contribution in [-0.4, -0.2) is 28.8 Å². The van der Waals surface area contributed by atoms with E-state index in [9.17, 15) is 4.79 Å². The normalized spacial score (nSPS) is 17.1.